The Balaban J connectivity index is 1.58. The zero-order valence-corrected chi connectivity index (χ0v) is 15.4. The molecule has 0 saturated carbocycles. The Bertz CT molecular complexity index is 927. The molecular weight excluding hydrogens is 356 g/mol. The summed E-state index contributed by atoms with van der Waals surface area (Å²) in [4.78, 5) is 13.4. The monoisotopic (exact) mass is 377 g/mol. The van der Waals surface area contributed by atoms with Crippen LogP contribution in [-0.4, -0.2) is 41.0 Å². The van der Waals surface area contributed by atoms with Crippen molar-refractivity contribution in [3.63, 3.8) is 0 Å². The molecule has 0 aliphatic carbocycles. The Hall–Kier alpha value is -2.58. The van der Waals surface area contributed by atoms with Crippen LogP contribution in [-0.2, 0) is 21.2 Å². The normalized spacial score (nSPS) is 14.1. The third kappa shape index (κ3) is 4.53. The molecule has 2 N–H and O–H groups in total. The zero-order chi connectivity index (χ0) is 18.7. The van der Waals surface area contributed by atoms with Crippen LogP contribution in [0.2, 0.25) is 0 Å². The van der Waals surface area contributed by atoms with Gasteiger partial charge in [0.25, 0.3) is 5.91 Å². The highest BCUT2D eigenvalue weighted by Gasteiger charge is 2.16. The van der Waals surface area contributed by atoms with E-state index in [9.17, 15) is 13.2 Å². The van der Waals surface area contributed by atoms with Crippen molar-refractivity contribution < 1.29 is 27.6 Å². The number of rotatable bonds is 6. The minimum atomic E-state index is -3.31. The molecule has 26 heavy (non-hydrogen) atoms. The van der Waals surface area contributed by atoms with Crippen LogP contribution >= 0.6 is 0 Å². The SMILES string of the molecule is C[NH+](CC(=O)Nc1cccc(S(C)(=O)=O)c1)Cc1ccc2c(c1)OCO2. The van der Waals surface area contributed by atoms with Gasteiger partial charge in [-0.25, -0.2) is 8.42 Å². The van der Waals surface area contributed by atoms with Gasteiger partial charge < -0.3 is 19.7 Å². The second kappa shape index (κ2) is 7.35. The summed E-state index contributed by atoms with van der Waals surface area (Å²) in [7, 11) is -1.39. The molecule has 0 aromatic heterocycles. The van der Waals surface area contributed by atoms with Crippen LogP contribution in [0.5, 0.6) is 11.5 Å². The highest BCUT2D eigenvalue weighted by atomic mass is 32.2. The standard InChI is InChI=1S/C18H20N2O5S/c1-20(10-13-6-7-16-17(8-13)25-12-24-16)11-18(21)19-14-4-3-5-15(9-14)26(2,22)23/h3-9H,10-12H2,1-2H3,(H,19,21)/p+1. The quantitative estimate of drug-likeness (QED) is 0.765. The molecule has 1 aliphatic rings. The minimum absolute atomic E-state index is 0.177. The largest absolute Gasteiger partial charge is 0.454 e. The Morgan fingerprint density at radius 3 is 2.69 bits per heavy atom. The van der Waals surface area contributed by atoms with Gasteiger partial charge in [-0.15, -0.1) is 0 Å². The van der Waals surface area contributed by atoms with E-state index in [0.29, 0.717) is 12.2 Å². The number of fused-ring (bicyclic) bond motifs is 1. The number of benzene rings is 2. The maximum absolute atomic E-state index is 12.2. The predicted octanol–water partition coefficient (Wildman–Crippen LogP) is 0.472. The molecule has 2 aromatic rings. The van der Waals surface area contributed by atoms with Crippen LogP contribution in [0.25, 0.3) is 0 Å². The van der Waals surface area contributed by atoms with E-state index in [-0.39, 0.29) is 24.1 Å². The van der Waals surface area contributed by atoms with Crippen LogP contribution < -0.4 is 19.7 Å². The molecule has 1 amide bonds. The van der Waals surface area contributed by atoms with Crippen LogP contribution in [0, 0.1) is 0 Å². The molecule has 2 aromatic carbocycles. The third-order valence-corrected chi connectivity index (χ3v) is 5.06. The minimum Gasteiger partial charge on any atom is -0.454 e. The molecule has 8 heteroatoms. The van der Waals surface area contributed by atoms with Gasteiger partial charge in [0.15, 0.2) is 27.9 Å². The lowest BCUT2D eigenvalue weighted by molar-refractivity contribution is -0.885. The molecule has 7 nitrogen and oxygen atoms in total. The maximum atomic E-state index is 12.2. The molecular formula is C18H21N2O5S+. The van der Waals surface area contributed by atoms with Gasteiger partial charge in [-0.1, -0.05) is 6.07 Å². The van der Waals surface area contributed by atoms with Gasteiger partial charge in [0.2, 0.25) is 6.79 Å². The van der Waals surface area contributed by atoms with Crippen LogP contribution in [0.15, 0.2) is 47.4 Å². The van der Waals surface area contributed by atoms with Crippen LogP contribution in [0.4, 0.5) is 5.69 Å². The highest BCUT2D eigenvalue weighted by molar-refractivity contribution is 7.90. The fraction of sp³-hybridized carbons (Fsp3) is 0.278. The maximum Gasteiger partial charge on any atom is 0.279 e. The van der Waals surface area contributed by atoms with Gasteiger partial charge in [0, 0.05) is 17.5 Å². The molecule has 0 spiro atoms. The van der Waals surface area contributed by atoms with Crippen molar-refractivity contribution in [3.8, 4) is 11.5 Å². The Labute approximate surface area is 152 Å². The number of carbonyl (C=O) groups is 1. The third-order valence-electron chi connectivity index (χ3n) is 3.95. The number of quaternary nitrogens is 1. The fourth-order valence-corrected chi connectivity index (χ4v) is 3.41. The van der Waals surface area contributed by atoms with Crippen molar-refractivity contribution in [2.45, 2.75) is 11.4 Å². The Morgan fingerprint density at radius 1 is 1.15 bits per heavy atom. The summed E-state index contributed by atoms with van der Waals surface area (Å²) in [6.45, 7) is 1.13. The molecule has 138 valence electrons. The van der Waals surface area contributed by atoms with Crippen LogP contribution in [0.1, 0.15) is 5.56 Å². The summed E-state index contributed by atoms with van der Waals surface area (Å²) in [6.07, 6.45) is 1.14. The first-order chi connectivity index (χ1) is 12.3. The van der Waals surface area contributed by atoms with E-state index < -0.39 is 9.84 Å². The van der Waals surface area contributed by atoms with E-state index in [2.05, 4.69) is 5.32 Å². The topological polar surface area (TPSA) is 86.1 Å². The number of nitrogens with one attached hydrogen (secondary N) is 2. The van der Waals surface area contributed by atoms with E-state index in [0.717, 1.165) is 28.2 Å². The fourth-order valence-electron chi connectivity index (χ4n) is 2.75. The van der Waals surface area contributed by atoms with Crippen LogP contribution in [0.3, 0.4) is 0 Å². The van der Waals surface area contributed by atoms with Gasteiger partial charge in [0.1, 0.15) is 6.54 Å². The van der Waals surface area contributed by atoms with Gasteiger partial charge >= 0.3 is 0 Å². The lowest BCUT2D eigenvalue weighted by Gasteiger charge is -2.14. The average molecular weight is 377 g/mol. The number of likely N-dealkylation sites (N-methyl/N-ethyl adjacent to an activating group) is 1. The highest BCUT2D eigenvalue weighted by Crippen LogP contribution is 2.32. The molecule has 0 fully saturated rings. The summed E-state index contributed by atoms with van der Waals surface area (Å²) in [5, 5.41) is 2.74. The smallest absolute Gasteiger partial charge is 0.279 e. The summed E-state index contributed by atoms with van der Waals surface area (Å²) in [5.74, 6) is 1.26. The van der Waals surface area contributed by atoms with E-state index in [1.54, 1.807) is 12.1 Å². The second-order valence-electron chi connectivity index (χ2n) is 6.35. The summed E-state index contributed by atoms with van der Waals surface area (Å²) in [6, 6.07) is 12.0. The lowest BCUT2D eigenvalue weighted by atomic mass is 10.2. The lowest BCUT2D eigenvalue weighted by Crippen LogP contribution is -3.08. The summed E-state index contributed by atoms with van der Waals surface area (Å²) in [5.41, 5.74) is 1.51. The summed E-state index contributed by atoms with van der Waals surface area (Å²) >= 11 is 0. The number of sulfone groups is 1. The van der Waals surface area contributed by atoms with Crippen molar-refractivity contribution in [1.29, 1.82) is 0 Å². The second-order valence-corrected chi connectivity index (χ2v) is 8.36. The van der Waals surface area contributed by atoms with E-state index >= 15 is 0 Å². The van der Waals surface area contributed by atoms with Crippen molar-refractivity contribution >= 4 is 21.4 Å². The van der Waals surface area contributed by atoms with Crippen molar-refractivity contribution in [1.82, 2.24) is 0 Å². The van der Waals surface area contributed by atoms with E-state index in [1.165, 1.54) is 12.1 Å². The molecule has 1 unspecified atom stereocenters. The molecule has 3 rings (SSSR count). The Kier molecular flexibility index (Phi) is 5.15. The van der Waals surface area contributed by atoms with Gasteiger partial charge in [-0.3, -0.25) is 4.79 Å². The van der Waals surface area contributed by atoms with Gasteiger partial charge in [-0.05, 0) is 36.4 Å². The number of carbonyl (C=O) groups excluding carboxylic acids is 1. The number of hydrogen-bond acceptors (Lipinski definition) is 5. The van der Waals surface area contributed by atoms with E-state index in [4.69, 9.17) is 9.47 Å². The predicted molar refractivity (Wildman–Crippen MR) is 96.2 cm³/mol. The first-order valence-electron chi connectivity index (χ1n) is 8.11. The Morgan fingerprint density at radius 2 is 1.92 bits per heavy atom. The first kappa shape index (κ1) is 18.2. The molecule has 1 atom stereocenters. The molecule has 0 bridgehead atoms. The number of anilines is 1. The number of hydrogen-bond donors (Lipinski definition) is 2. The molecule has 1 heterocycles. The van der Waals surface area contributed by atoms with Crippen molar-refractivity contribution in [2.24, 2.45) is 0 Å². The van der Waals surface area contributed by atoms with Gasteiger partial charge in [-0.2, -0.15) is 0 Å². The molecule has 0 saturated heterocycles. The first-order valence-corrected chi connectivity index (χ1v) is 10.0. The summed E-state index contributed by atoms with van der Waals surface area (Å²) < 4.78 is 33.8. The van der Waals surface area contributed by atoms with Crippen molar-refractivity contribution in [2.75, 3.05) is 32.0 Å². The zero-order valence-electron chi connectivity index (χ0n) is 14.6. The molecule has 0 radical (unpaired) electrons. The van der Waals surface area contributed by atoms with Crippen molar-refractivity contribution in [3.05, 3.63) is 48.0 Å². The van der Waals surface area contributed by atoms with Gasteiger partial charge in [0.05, 0.1) is 11.9 Å². The average Bonchev–Trinajstić information content (AvgIpc) is 3.01. The number of ether oxygens (including phenoxy) is 2. The number of amides is 1. The van der Waals surface area contributed by atoms with E-state index in [1.807, 2.05) is 25.2 Å². The molecule has 1 aliphatic heterocycles.